The maximum absolute atomic E-state index is 3.46. The lowest BCUT2D eigenvalue weighted by Gasteiger charge is -2.31. The lowest BCUT2D eigenvalue weighted by atomic mass is 10.0. The second-order valence-corrected chi connectivity index (χ2v) is 5.75. The van der Waals surface area contributed by atoms with E-state index in [0.717, 1.165) is 13.1 Å². The average Bonchev–Trinajstić information content (AvgIpc) is 2.55. The number of aryl methyl sites for hydroxylation is 1. The Balaban J connectivity index is 1.85. The number of benzene rings is 2. The number of anilines is 2. The topological polar surface area (TPSA) is 15.3 Å². The van der Waals surface area contributed by atoms with Crippen molar-refractivity contribution in [3.05, 3.63) is 59.7 Å². The van der Waals surface area contributed by atoms with Gasteiger partial charge in [0, 0.05) is 24.0 Å². The van der Waals surface area contributed by atoms with Crippen molar-refractivity contribution < 1.29 is 0 Å². The molecule has 0 aliphatic carbocycles. The molecular weight excluding hydrogens is 256 g/mol. The van der Waals surface area contributed by atoms with Gasteiger partial charge >= 0.3 is 0 Å². The number of para-hydroxylation sites is 1. The third kappa shape index (κ3) is 2.96. The van der Waals surface area contributed by atoms with E-state index >= 15 is 0 Å². The van der Waals surface area contributed by atoms with Crippen molar-refractivity contribution in [2.45, 2.75) is 32.7 Å². The highest BCUT2D eigenvalue weighted by Crippen LogP contribution is 2.33. The normalized spacial score (nSPS) is 15.6. The fraction of sp³-hybridized carbons (Fsp3) is 0.368. The molecule has 2 aromatic carbocycles. The highest BCUT2D eigenvalue weighted by atomic mass is 15.1. The Kier molecular flexibility index (Phi) is 4.26. The lowest BCUT2D eigenvalue weighted by Crippen LogP contribution is -2.24. The molecule has 0 amide bonds. The number of hydrogen-bond acceptors (Lipinski definition) is 2. The van der Waals surface area contributed by atoms with Crippen molar-refractivity contribution in [3.8, 4) is 0 Å². The fourth-order valence-electron chi connectivity index (χ4n) is 3.17. The molecule has 1 unspecified atom stereocenters. The van der Waals surface area contributed by atoms with Crippen LogP contribution in [0, 0.1) is 0 Å². The van der Waals surface area contributed by atoms with Gasteiger partial charge in [-0.2, -0.15) is 0 Å². The zero-order valence-corrected chi connectivity index (χ0v) is 13.0. The highest BCUT2D eigenvalue weighted by molar-refractivity contribution is 5.67. The summed E-state index contributed by atoms with van der Waals surface area (Å²) in [5.41, 5.74) is 5.49. The van der Waals surface area contributed by atoms with Crippen molar-refractivity contribution in [2.24, 2.45) is 0 Å². The van der Waals surface area contributed by atoms with E-state index in [1.54, 1.807) is 0 Å². The van der Waals surface area contributed by atoms with E-state index < -0.39 is 0 Å². The van der Waals surface area contributed by atoms with Crippen LogP contribution in [0.15, 0.2) is 48.5 Å². The summed E-state index contributed by atoms with van der Waals surface area (Å²) in [5, 5.41) is 3.46. The van der Waals surface area contributed by atoms with E-state index in [1.165, 1.54) is 35.3 Å². The van der Waals surface area contributed by atoms with E-state index in [2.05, 4.69) is 72.6 Å². The van der Waals surface area contributed by atoms with Crippen LogP contribution in [0.1, 0.15) is 37.4 Å². The average molecular weight is 280 g/mol. The summed E-state index contributed by atoms with van der Waals surface area (Å²) in [4.78, 5) is 2.44. The van der Waals surface area contributed by atoms with Gasteiger partial charge < -0.3 is 10.2 Å². The molecule has 1 N–H and O–H groups in total. The summed E-state index contributed by atoms with van der Waals surface area (Å²) < 4.78 is 0. The lowest BCUT2D eigenvalue weighted by molar-refractivity contribution is 0.598. The molecule has 1 aliphatic heterocycles. The molecule has 2 nitrogen and oxygen atoms in total. The van der Waals surface area contributed by atoms with E-state index in [9.17, 15) is 0 Å². The van der Waals surface area contributed by atoms with Gasteiger partial charge in [0.25, 0.3) is 0 Å². The van der Waals surface area contributed by atoms with Gasteiger partial charge in [0.05, 0.1) is 0 Å². The molecule has 0 fully saturated rings. The summed E-state index contributed by atoms with van der Waals surface area (Å²) in [5.74, 6) is 0. The molecule has 0 radical (unpaired) electrons. The van der Waals surface area contributed by atoms with E-state index in [0.29, 0.717) is 6.04 Å². The molecule has 1 heterocycles. The first-order chi connectivity index (χ1) is 10.3. The highest BCUT2D eigenvalue weighted by Gasteiger charge is 2.17. The first-order valence-corrected chi connectivity index (χ1v) is 7.98. The Morgan fingerprint density at radius 1 is 1.10 bits per heavy atom. The Hall–Kier alpha value is -1.80. The van der Waals surface area contributed by atoms with E-state index in [-0.39, 0.29) is 0 Å². The number of rotatable bonds is 4. The molecule has 0 saturated carbocycles. The third-order valence-electron chi connectivity index (χ3n) is 4.33. The molecule has 2 aromatic rings. The molecule has 0 aromatic heterocycles. The van der Waals surface area contributed by atoms with Crippen LogP contribution in [-0.2, 0) is 6.42 Å². The third-order valence-corrected chi connectivity index (χ3v) is 4.33. The minimum absolute atomic E-state index is 0.415. The summed E-state index contributed by atoms with van der Waals surface area (Å²) >= 11 is 0. The van der Waals surface area contributed by atoms with Gasteiger partial charge in [-0.05, 0) is 55.6 Å². The van der Waals surface area contributed by atoms with Crippen LogP contribution < -0.4 is 10.2 Å². The number of fused-ring (bicyclic) bond motifs is 1. The molecule has 21 heavy (non-hydrogen) atoms. The van der Waals surface area contributed by atoms with Crippen molar-refractivity contribution in [3.63, 3.8) is 0 Å². The first kappa shape index (κ1) is 14.2. The Bertz CT molecular complexity index is 589. The number of nitrogens with one attached hydrogen (secondary N) is 1. The zero-order chi connectivity index (χ0) is 14.7. The second kappa shape index (κ2) is 6.31. The van der Waals surface area contributed by atoms with Crippen molar-refractivity contribution in [1.29, 1.82) is 0 Å². The molecule has 0 spiro atoms. The van der Waals surface area contributed by atoms with Crippen LogP contribution in [-0.4, -0.2) is 13.1 Å². The van der Waals surface area contributed by atoms with Crippen molar-refractivity contribution >= 4 is 11.4 Å². The van der Waals surface area contributed by atoms with Gasteiger partial charge in [0.2, 0.25) is 0 Å². The van der Waals surface area contributed by atoms with Crippen LogP contribution >= 0.6 is 0 Å². The zero-order valence-electron chi connectivity index (χ0n) is 13.0. The van der Waals surface area contributed by atoms with E-state index in [4.69, 9.17) is 0 Å². The standard InChI is InChI=1S/C19H24N2/c1-3-20-15(2)16-10-12-18(13-11-16)21-14-6-8-17-7-4-5-9-19(17)21/h4-5,7,9-13,15,20H,3,6,8,14H2,1-2H3. The minimum atomic E-state index is 0.415. The summed E-state index contributed by atoms with van der Waals surface area (Å²) in [6.07, 6.45) is 2.43. The van der Waals surface area contributed by atoms with Gasteiger partial charge in [-0.1, -0.05) is 37.3 Å². The van der Waals surface area contributed by atoms with Crippen LogP contribution in [0.25, 0.3) is 0 Å². The fourth-order valence-corrected chi connectivity index (χ4v) is 3.17. The molecule has 110 valence electrons. The SMILES string of the molecule is CCNC(C)c1ccc(N2CCCc3ccccc32)cc1. The smallest absolute Gasteiger partial charge is 0.0443 e. The molecule has 0 saturated heterocycles. The molecule has 1 aliphatic rings. The predicted octanol–water partition coefficient (Wildman–Crippen LogP) is 4.44. The van der Waals surface area contributed by atoms with Gasteiger partial charge in [-0.3, -0.25) is 0 Å². The molecular formula is C19H24N2. The second-order valence-electron chi connectivity index (χ2n) is 5.75. The minimum Gasteiger partial charge on any atom is -0.341 e. The molecule has 2 heteroatoms. The monoisotopic (exact) mass is 280 g/mol. The number of nitrogens with zero attached hydrogens (tertiary/aromatic N) is 1. The van der Waals surface area contributed by atoms with Crippen molar-refractivity contribution in [1.82, 2.24) is 5.32 Å². The van der Waals surface area contributed by atoms with Gasteiger partial charge in [-0.25, -0.2) is 0 Å². The molecule has 3 rings (SSSR count). The summed E-state index contributed by atoms with van der Waals surface area (Å²) in [6.45, 7) is 6.48. The maximum Gasteiger partial charge on any atom is 0.0443 e. The van der Waals surface area contributed by atoms with Gasteiger partial charge in [0.1, 0.15) is 0 Å². The van der Waals surface area contributed by atoms with Crippen molar-refractivity contribution in [2.75, 3.05) is 18.0 Å². The first-order valence-electron chi connectivity index (χ1n) is 7.98. The Morgan fingerprint density at radius 2 is 1.86 bits per heavy atom. The summed E-state index contributed by atoms with van der Waals surface area (Å²) in [6, 6.07) is 18.2. The Morgan fingerprint density at radius 3 is 2.62 bits per heavy atom. The predicted molar refractivity (Wildman–Crippen MR) is 90.3 cm³/mol. The summed E-state index contributed by atoms with van der Waals surface area (Å²) in [7, 11) is 0. The van der Waals surface area contributed by atoms with E-state index in [1.807, 2.05) is 0 Å². The van der Waals surface area contributed by atoms with Crippen LogP contribution in [0.4, 0.5) is 11.4 Å². The van der Waals surface area contributed by atoms with Crippen LogP contribution in [0.5, 0.6) is 0 Å². The molecule has 1 atom stereocenters. The van der Waals surface area contributed by atoms with Crippen LogP contribution in [0.2, 0.25) is 0 Å². The Labute approximate surface area is 127 Å². The quantitative estimate of drug-likeness (QED) is 0.890. The largest absolute Gasteiger partial charge is 0.341 e. The van der Waals surface area contributed by atoms with Gasteiger partial charge in [-0.15, -0.1) is 0 Å². The molecule has 0 bridgehead atoms. The van der Waals surface area contributed by atoms with Gasteiger partial charge in [0.15, 0.2) is 0 Å². The number of hydrogen-bond donors (Lipinski definition) is 1. The maximum atomic E-state index is 3.46. The van der Waals surface area contributed by atoms with Crippen LogP contribution in [0.3, 0.4) is 0 Å².